The first-order chi connectivity index (χ1) is 18.0. The molecule has 1 spiro atoms. The van der Waals surface area contributed by atoms with Crippen molar-refractivity contribution in [3.8, 4) is 5.75 Å². The highest BCUT2D eigenvalue weighted by molar-refractivity contribution is 6.05. The lowest BCUT2D eigenvalue weighted by atomic mass is 9.74. The lowest BCUT2D eigenvalue weighted by Gasteiger charge is -2.38. The summed E-state index contributed by atoms with van der Waals surface area (Å²) in [7, 11) is 0. The SMILES string of the molecule is O=C1CCC(N2Cc3c(ccc4c3OCC43CCN(Cc4cccc5ncccc45)CC3)C2=O)C(=O)N1. The molecule has 0 radical (unpaired) electrons. The number of nitrogens with zero attached hydrogens (tertiary/aromatic N) is 3. The number of nitrogens with one attached hydrogen (secondary N) is 1. The maximum Gasteiger partial charge on any atom is 0.255 e. The summed E-state index contributed by atoms with van der Waals surface area (Å²) in [4.78, 5) is 45.8. The van der Waals surface area contributed by atoms with E-state index in [0.29, 0.717) is 25.1 Å². The molecule has 2 aromatic carbocycles. The molecule has 8 nitrogen and oxygen atoms in total. The third-order valence-electron chi connectivity index (χ3n) is 8.67. The number of amides is 3. The average Bonchev–Trinajstić information content (AvgIpc) is 3.44. The fraction of sp³-hybridized carbons (Fsp3) is 0.379. The van der Waals surface area contributed by atoms with E-state index in [1.165, 1.54) is 16.5 Å². The largest absolute Gasteiger partial charge is 0.492 e. The predicted octanol–water partition coefficient (Wildman–Crippen LogP) is 2.92. The van der Waals surface area contributed by atoms with Crippen molar-refractivity contribution in [3.63, 3.8) is 0 Å². The van der Waals surface area contributed by atoms with Gasteiger partial charge in [0.25, 0.3) is 5.91 Å². The van der Waals surface area contributed by atoms with Crippen LogP contribution in [0.5, 0.6) is 5.75 Å². The van der Waals surface area contributed by atoms with E-state index in [-0.39, 0.29) is 29.6 Å². The third kappa shape index (κ3) is 3.54. The molecule has 1 unspecified atom stereocenters. The zero-order valence-corrected chi connectivity index (χ0v) is 20.5. The van der Waals surface area contributed by atoms with Gasteiger partial charge < -0.3 is 9.64 Å². The second kappa shape index (κ2) is 8.38. The number of imide groups is 1. The van der Waals surface area contributed by atoms with E-state index < -0.39 is 6.04 Å². The van der Waals surface area contributed by atoms with E-state index >= 15 is 0 Å². The summed E-state index contributed by atoms with van der Waals surface area (Å²) in [6, 6.07) is 13.8. The molecule has 0 bridgehead atoms. The van der Waals surface area contributed by atoms with Gasteiger partial charge >= 0.3 is 0 Å². The molecular formula is C29H28N4O4. The summed E-state index contributed by atoms with van der Waals surface area (Å²) in [6.07, 6.45) is 4.43. The quantitative estimate of drug-likeness (QED) is 0.561. The van der Waals surface area contributed by atoms with Crippen molar-refractivity contribution in [3.05, 3.63) is 70.9 Å². The topological polar surface area (TPSA) is 91.8 Å². The number of likely N-dealkylation sites (tertiary alicyclic amines) is 1. The molecule has 4 aliphatic heterocycles. The monoisotopic (exact) mass is 496 g/mol. The molecule has 5 heterocycles. The van der Waals surface area contributed by atoms with E-state index in [2.05, 4.69) is 45.5 Å². The standard InChI is InChI=1S/C29H28N4O4/c34-25-9-8-24(27(35)31-25)33-16-21-20(28(33)36)6-7-22-26(21)37-17-29(22)10-13-32(14-11-29)15-18-3-1-5-23-19(18)4-2-12-30-23/h1-7,12,24H,8-11,13-17H2,(H,31,34,35). The molecule has 2 fully saturated rings. The van der Waals surface area contributed by atoms with Crippen LogP contribution in [0.25, 0.3) is 10.9 Å². The Morgan fingerprint density at radius 3 is 2.76 bits per heavy atom. The first kappa shape index (κ1) is 22.4. The molecule has 3 amide bonds. The number of pyridine rings is 1. The van der Waals surface area contributed by atoms with Gasteiger partial charge in [0.1, 0.15) is 11.8 Å². The van der Waals surface area contributed by atoms with Crippen LogP contribution < -0.4 is 10.1 Å². The molecule has 4 aliphatic rings. The highest BCUT2D eigenvalue weighted by atomic mass is 16.5. The van der Waals surface area contributed by atoms with Crippen LogP contribution in [0.2, 0.25) is 0 Å². The Bertz CT molecular complexity index is 1450. The van der Waals surface area contributed by atoms with Crippen molar-refractivity contribution in [1.29, 1.82) is 0 Å². The maximum atomic E-state index is 13.2. The summed E-state index contributed by atoms with van der Waals surface area (Å²) in [5.41, 5.74) is 4.97. The summed E-state index contributed by atoms with van der Waals surface area (Å²) < 4.78 is 6.31. The molecule has 3 aromatic rings. The van der Waals surface area contributed by atoms with Crippen LogP contribution in [0.4, 0.5) is 0 Å². The van der Waals surface area contributed by atoms with Crippen LogP contribution >= 0.6 is 0 Å². The molecule has 8 heteroatoms. The normalized spacial score (nSPS) is 22.8. The van der Waals surface area contributed by atoms with Crippen LogP contribution in [0.3, 0.4) is 0 Å². The van der Waals surface area contributed by atoms with Gasteiger partial charge in [-0.2, -0.15) is 0 Å². The van der Waals surface area contributed by atoms with E-state index in [4.69, 9.17) is 4.74 Å². The Labute approximate surface area is 214 Å². The minimum absolute atomic E-state index is 0.0493. The number of aromatic nitrogens is 1. The summed E-state index contributed by atoms with van der Waals surface area (Å²) >= 11 is 0. The lowest BCUT2D eigenvalue weighted by molar-refractivity contribution is -0.136. The minimum atomic E-state index is -0.615. The zero-order chi connectivity index (χ0) is 25.1. The Morgan fingerprint density at radius 2 is 1.92 bits per heavy atom. The van der Waals surface area contributed by atoms with Crippen molar-refractivity contribution >= 4 is 28.6 Å². The number of benzene rings is 2. The Hall–Kier alpha value is -3.78. The highest BCUT2D eigenvalue weighted by Crippen LogP contribution is 2.49. The first-order valence-electron chi connectivity index (χ1n) is 13.0. The number of carbonyl (C=O) groups is 3. The van der Waals surface area contributed by atoms with Gasteiger partial charge in [-0.1, -0.05) is 24.3 Å². The molecular weight excluding hydrogens is 468 g/mol. The molecule has 0 saturated carbocycles. The van der Waals surface area contributed by atoms with Crippen molar-refractivity contribution in [1.82, 2.24) is 20.1 Å². The van der Waals surface area contributed by atoms with Gasteiger partial charge in [0.15, 0.2) is 0 Å². The molecule has 0 aliphatic carbocycles. The number of rotatable bonds is 3. The fourth-order valence-electron chi connectivity index (χ4n) is 6.58. The first-order valence-corrected chi connectivity index (χ1v) is 13.0. The molecule has 188 valence electrons. The summed E-state index contributed by atoms with van der Waals surface area (Å²) in [6.45, 7) is 3.81. The van der Waals surface area contributed by atoms with Crippen molar-refractivity contribution < 1.29 is 19.1 Å². The Morgan fingerprint density at radius 1 is 1.05 bits per heavy atom. The second-order valence-electron chi connectivity index (χ2n) is 10.7. The van der Waals surface area contributed by atoms with Crippen LogP contribution in [-0.2, 0) is 28.1 Å². The second-order valence-corrected chi connectivity index (χ2v) is 10.7. The molecule has 2 saturated heterocycles. The number of carbonyl (C=O) groups excluding carboxylic acids is 3. The summed E-state index contributed by atoms with van der Waals surface area (Å²) in [5, 5.41) is 3.58. The summed E-state index contributed by atoms with van der Waals surface area (Å²) in [5.74, 6) is 0.00583. The smallest absolute Gasteiger partial charge is 0.255 e. The number of fused-ring (bicyclic) bond motifs is 5. The van der Waals surface area contributed by atoms with Crippen LogP contribution in [0.1, 0.15) is 52.7 Å². The number of hydrogen-bond donors (Lipinski definition) is 1. The predicted molar refractivity (Wildman–Crippen MR) is 136 cm³/mol. The van der Waals surface area contributed by atoms with E-state index in [1.807, 2.05) is 18.3 Å². The van der Waals surface area contributed by atoms with Crippen molar-refractivity contribution in [2.45, 2.75) is 50.2 Å². The van der Waals surface area contributed by atoms with Gasteiger partial charge in [0.05, 0.1) is 18.7 Å². The molecule has 1 atom stereocenters. The van der Waals surface area contributed by atoms with E-state index in [9.17, 15) is 14.4 Å². The van der Waals surface area contributed by atoms with E-state index in [0.717, 1.165) is 49.3 Å². The van der Waals surface area contributed by atoms with Crippen LogP contribution in [0.15, 0.2) is 48.7 Å². The molecule has 1 aromatic heterocycles. The van der Waals surface area contributed by atoms with Gasteiger partial charge in [0, 0.05) is 46.7 Å². The lowest BCUT2D eigenvalue weighted by Crippen LogP contribution is -2.52. The number of piperidine rings is 2. The number of hydrogen-bond acceptors (Lipinski definition) is 6. The maximum absolute atomic E-state index is 13.2. The van der Waals surface area contributed by atoms with Gasteiger partial charge in [-0.3, -0.25) is 29.6 Å². The average molecular weight is 497 g/mol. The molecule has 37 heavy (non-hydrogen) atoms. The van der Waals surface area contributed by atoms with Gasteiger partial charge in [0.2, 0.25) is 11.8 Å². The Balaban J connectivity index is 1.09. The Kier molecular flexibility index (Phi) is 5.08. The van der Waals surface area contributed by atoms with Crippen molar-refractivity contribution in [2.75, 3.05) is 19.7 Å². The zero-order valence-electron chi connectivity index (χ0n) is 20.5. The van der Waals surface area contributed by atoms with E-state index in [1.54, 1.807) is 4.90 Å². The van der Waals surface area contributed by atoms with Gasteiger partial charge in [-0.25, -0.2) is 0 Å². The minimum Gasteiger partial charge on any atom is -0.492 e. The van der Waals surface area contributed by atoms with Crippen LogP contribution in [0, 0.1) is 0 Å². The van der Waals surface area contributed by atoms with Crippen LogP contribution in [-0.4, -0.2) is 58.2 Å². The van der Waals surface area contributed by atoms with Gasteiger partial charge in [-0.05, 0) is 56.1 Å². The number of ether oxygens (including phenoxy) is 1. The fourth-order valence-corrected chi connectivity index (χ4v) is 6.58. The van der Waals surface area contributed by atoms with Crippen molar-refractivity contribution in [2.24, 2.45) is 0 Å². The highest BCUT2D eigenvalue weighted by Gasteiger charge is 2.47. The third-order valence-corrected chi connectivity index (χ3v) is 8.67. The molecule has 1 N–H and O–H groups in total. The molecule has 7 rings (SSSR count). The van der Waals surface area contributed by atoms with Gasteiger partial charge in [-0.15, -0.1) is 0 Å².